The molecule has 0 saturated carbocycles. The highest BCUT2D eigenvalue weighted by Crippen LogP contribution is 2.28. The van der Waals surface area contributed by atoms with Gasteiger partial charge < -0.3 is 11.1 Å². The summed E-state index contributed by atoms with van der Waals surface area (Å²) in [4.78, 5) is 15.9. The highest BCUT2D eigenvalue weighted by Gasteiger charge is 2.10. The minimum absolute atomic E-state index is 0.222. The van der Waals surface area contributed by atoms with E-state index in [1.54, 1.807) is 24.4 Å². The van der Waals surface area contributed by atoms with Crippen LogP contribution in [0.25, 0.3) is 0 Å². The van der Waals surface area contributed by atoms with Crippen molar-refractivity contribution in [3.8, 4) is 0 Å². The predicted octanol–water partition coefficient (Wildman–Crippen LogP) is 2.99. The Balaban J connectivity index is 2.28. The van der Waals surface area contributed by atoms with Gasteiger partial charge in [-0.25, -0.2) is 0 Å². The molecule has 1 aromatic heterocycles. The molecule has 18 heavy (non-hydrogen) atoms. The number of pyridine rings is 1. The predicted molar refractivity (Wildman–Crippen MR) is 75.5 cm³/mol. The molecule has 1 amide bonds. The number of hydrogen-bond acceptors (Lipinski definition) is 3. The number of nitrogens with two attached hydrogens (primary N) is 1. The van der Waals surface area contributed by atoms with Crippen LogP contribution in [0.15, 0.2) is 41.1 Å². The number of hydrogen-bond donors (Lipinski definition) is 2. The lowest BCUT2D eigenvalue weighted by atomic mass is 10.1. The molecule has 0 aliphatic carbocycles. The number of rotatable bonds is 2. The highest BCUT2D eigenvalue weighted by molar-refractivity contribution is 9.10. The van der Waals surface area contributed by atoms with Crippen molar-refractivity contribution in [3.05, 3.63) is 52.3 Å². The molecule has 0 bridgehead atoms. The molecular formula is C13H12BrN3O. The van der Waals surface area contributed by atoms with Gasteiger partial charge in [0.05, 0.1) is 16.9 Å². The molecule has 0 fully saturated rings. The van der Waals surface area contributed by atoms with Crippen LogP contribution in [0.3, 0.4) is 0 Å². The average Bonchev–Trinajstić information content (AvgIpc) is 2.34. The van der Waals surface area contributed by atoms with Crippen molar-refractivity contribution in [1.82, 2.24) is 4.98 Å². The third kappa shape index (κ3) is 2.68. The molecule has 0 spiro atoms. The second-order valence-electron chi connectivity index (χ2n) is 3.88. The lowest BCUT2D eigenvalue weighted by Crippen LogP contribution is -2.14. The summed E-state index contributed by atoms with van der Waals surface area (Å²) in [6.45, 7) is 1.89. The lowest BCUT2D eigenvalue weighted by Gasteiger charge is -2.11. The van der Waals surface area contributed by atoms with Crippen molar-refractivity contribution in [3.63, 3.8) is 0 Å². The second kappa shape index (κ2) is 5.18. The van der Waals surface area contributed by atoms with E-state index in [0.717, 1.165) is 10.0 Å². The van der Waals surface area contributed by atoms with Crippen LogP contribution in [0.5, 0.6) is 0 Å². The number of nitrogens with zero attached hydrogens (tertiary/aromatic N) is 1. The van der Waals surface area contributed by atoms with Crippen molar-refractivity contribution in [2.24, 2.45) is 0 Å². The Bertz CT molecular complexity index is 561. The van der Waals surface area contributed by atoms with Crippen LogP contribution in [0.1, 0.15) is 15.9 Å². The van der Waals surface area contributed by atoms with Gasteiger partial charge >= 0.3 is 0 Å². The Labute approximate surface area is 113 Å². The van der Waals surface area contributed by atoms with Crippen molar-refractivity contribution in [2.75, 3.05) is 11.1 Å². The summed E-state index contributed by atoms with van der Waals surface area (Å²) in [7, 11) is 0. The average molecular weight is 306 g/mol. The van der Waals surface area contributed by atoms with E-state index >= 15 is 0 Å². The highest BCUT2D eigenvalue weighted by atomic mass is 79.9. The van der Waals surface area contributed by atoms with E-state index in [4.69, 9.17) is 5.73 Å². The first-order valence-corrected chi connectivity index (χ1v) is 6.14. The summed E-state index contributed by atoms with van der Waals surface area (Å²) in [5.41, 5.74) is 8.45. The fourth-order valence-corrected chi connectivity index (χ4v) is 2.21. The monoisotopic (exact) mass is 305 g/mol. The Morgan fingerprint density at radius 2 is 2.22 bits per heavy atom. The molecule has 0 aliphatic rings. The minimum Gasteiger partial charge on any atom is -0.397 e. The molecule has 2 rings (SSSR count). The van der Waals surface area contributed by atoms with E-state index in [1.165, 1.54) is 6.20 Å². The van der Waals surface area contributed by atoms with Gasteiger partial charge in [0.1, 0.15) is 0 Å². The molecule has 0 saturated heterocycles. The van der Waals surface area contributed by atoms with Crippen LogP contribution in [0.2, 0.25) is 0 Å². The van der Waals surface area contributed by atoms with Crippen LogP contribution in [0.4, 0.5) is 11.4 Å². The number of nitrogens with one attached hydrogen (secondary N) is 1. The number of carbonyl (C=O) groups is 1. The number of nitrogen functional groups attached to an aromatic ring is 1. The molecule has 5 heteroatoms. The Morgan fingerprint density at radius 1 is 1.44 bits per heavy atom. The number of amides is 1. The Kier molecular flexibility index (Phi) is 3.62. The molecule has 0 atom stereocenters. The number of aromatic nitrogens is 1. The van der Waals surface area contributed by atoms with Gasteiger partial charge in [-0.15, -0.1) is 0 Å². The number of anilines is 2. The topological polar surface area (TPSA) is 68.0 Å². The van der Waals surface area contributed by atoms with Gasteiger partial charge in [-0.1, -0.05) is 15.9 Å². The van der Waals surface area contributed by atoms with Gasteiger partial charge in [-0.3, -0.25) is 9.78 Å². The first-order chi connectivity index (χ1) is 8.58. The van der Waals surface area contributed by atoms with Gasteiger partial charge in [-0.2, -0.15) is 0 Å². The normalized spacial score (nSPS) is 10.1. The van der Waals surface area contributed by atoms with Gasteiger partial charge in [0.2, 0.25) is 0 Å². The number of halogens is 1. The van der Waals surface area contributed by atoms with Crippen LogP contribution < -0.4 is 11.1 Å². The molecule has 0 aliphatic heterocycles. The largest absolute Gasteiger partial charge is 0.397 e. The van der Waals surface area contributed by atoms with Gasteiger partial charge in [0.25, 0.3) is 5.91 Å². The van der Waals surface area contributed by atoms with Crippen LogP contribution >= 0.6 is 15.9 Å². The Morgan fingerprint density at radius 3 is 2.83 bits per heavy atom. The van der Waals surface area contributed by atoms with Gasteiger partial charge in [0, 0.05) is 16.9 Å². The summed E-state index contributed by atoms with van der Waals surface area (Å²) in [6, 6.07) is 7.07. The quantitative estimate of drug-likeness (QED) is 0.838. The van der Waals surface area contributed by atoms with E-state index in [2.05, 4.69) is 26.2 Å². The molecule has 4 nitrogen and oxygen atoms in total. The van der Waals surface area contributed by atoms with E-state index in [9.17, 15) is 4.79 Å². The third-order valence-corrected chi connectivity index (χ3v) is 2.95. The first-order valence-electron chi connectivity index (χ1n) is 5.35. The van der Waals surface area contributed by atoms with Crippen LogP contribution in [-0.4, -0.2) is 10.9 Å². The molecule has 0 unspecified atom stereocenters. The maximum atomic E-state index is 12.0. The van der Waals surface area contributed by atoms with Gasteiger partial charge in [-0.05, 0) is 36.8 Å². The fourth-order valence-electron chi connectivity index (χ4n) is 1.62. The molecular weight excluding hydrogens is 294 g/mol. The summed E-state index contributed by atoms with van der Waals surface area (Å²) >= 11 is 3.36. The number of carbonyl (C=O) groups excluding carboxylic acids is 1. The van der Waals surface area contributed by atoms with Crippen molar-refractivity contribution in [1.29, 1.82) is 0 Å². The summed E-state index contributed by atoms with van der Waals surface area (Å²) in [5, 5.41) is 2.80. The SMILES string of the molecule is Cc1cc(Br)cc(N)c1NC(=O)c1cccnc1. The molecule has 0 radical (unpaired) electrons. The van der Waals surface area contributed by atoms with E-state index < -0.39 is 0 Å². The Hall–Kier alpha value is -1.88. The number of benzene rings is 1. The third-order valence-electron chi connectivity index (χ3n) is 2.49. The van der Waals surface area contributed by atoms with Crippen molar-refractivity contribution < 1.29 is 4.79 Å². The van der Waals surface area contributed by atoms with Crippen molar-refractivity contribution >= 4 is 33.2 Å². The standard InChI is InChI=1S/C13H12BrN3O/c1-8-5-10(14)6-11(15)12(8)17-13(18)9-3-2-4-16-7-9/h2-7H,15H2,1H3,(H,17,18). The first kappa shape index (κ1) is 12.6. The lowest BCUT2D eigenvalue weighted by molar-refractivity contribution is 0.102. The van der Waals surface area contributed by atoms with E-state index in [-0.39, 0.29) is 5.91 Å². The second-order valence-corrected chi connectivity index (χ2v) is 4.80. The zero-order valence-corrected chi connectivity index (χ0v) is 11.4. The summed E-state index contributed by atoms with van der Waals surface area (Å²) in [5.74, 6) is -0.222. The van der Waals surface area contributed by atoms with E-state index in [0.29, 0.717) is 16.9 Å². The zero-order valence-electron chi connectivity index (χ0n) is 9.77. The molecule has 1 heterocycles. The fraction of sp³-hybridized carbons (Fsp3) is 0.0769. The van der Waals surface area contributed by atoms with Crippen LogP contribution in [0, 0.1) is 6.92 Å². The smallest absolute Gasteiger partial charge is 0.257 e. The zero-order chi connectivity index (χ0) is 13.1. The molecule has 1 aromatic carbocycles. The maximum Gasteiger partial charge on any atom is 0.257 e. The number of aryl methyl sites for hydroxylation is 1. The molecule has 2 aromatic rings. The van der Waals surface area contributed by atoms with Gasteiger partial charge in [0.15, 0.2) is 0 Å². The van der Waals surface area contributed by atoms with Crippen LogP contribution in [-0.2, 0) is 0 Å². The summed E-state index contributed by atoms with van der Waals surface area (Å²) < 4.78 is 0.886. The summed E-state index contributed by atoms with van der Waals surface area (Å²) in [6.07, 6.45) is 3.13. The van der Waals surface area contributed by atoms with E-state index in [1.807, 2.05) is 13.0 Å². The molecule has 92 valence electrons. The maximum absolute atomic E-state index is 12.0. The minimum atomic E-state index is -0.222. The molecule has 3 N–H and O–H groups in total. The van der Waals surface area contributed by atoms with Crippen molar-refractivity contribution in [2.45, 2.75) is 6.92 Å².